The fraction of sp³-hybridized carbons (Fsp3) is 0.154. The summed E-state index contributed by atoms with van der Waals surface area (Å²) in [5.74, 6) is 0.0402. The van der Waals surface area contributed by atoms with Crippen LogP contribution in [0.5, 0.6) is 5.75 Å². The molecule has 0 aliphatic heterocycles. The number of hydrogen-bond donors (Lipinski definition) is 0. The summed E-state index contributed by atoms with van der Waals surface area (Å²) in [6.45, 7) is 0. The van der Waals surface area contributed by atoms with Crippen LogP contribution in [0.25, 0.3) is 11.3 Å². The van der Waals surface area contributed by atoms with Crippen LogP contribution in [0, 0.1) is 0 Å². The highest BCUT2D eigenvalue weighted by atomic mass is 35.5. The highest BCUT2D eigenvalue weighted by molar-refractivity contribution is 6.35. The number of aromatic nitrogens is 1. The van der Waals surface area contributed by atoms with Gasteiger partial charge in [0.05, 0.1) is 17.8 Å². The first-order chi connectivity index (χ1) is 9.31. The fourth-order valence-corrected chi connectivity index (χ4v) is 1.99. The molecule has 0 bridgehead atoms. The summed E-state index contributed by atoms with van der Waals surface area (Å²) in [4.78, 5) is 3.58. The van der Waals surface area contributed by atoms with Crippen molar-refractivity contribution in [3.63, 3.8) is 0 Å². The Labute approximate surface area is 123 Å². The number of rotatable bonds is 2. The number of benzene rings is 1. The van der Waals surface area contributed by atoms with Gasteiger partial charge in [0.1, 0.15) is 11.4 Å². The third-order valence-corrected chi connectivity index (χ3v) is 3.09. The van der Waals surface area contributed by atoms with E-state index in [-0.39, 0.29) is 16.5 Å². The number of methoxy groups -OCH3 is 1. The maximum atomic E-state index is 12.8. The van der Waals surface area contributed by atoms with Crippen molar-refractivity contribution in [3.8, 4) is 17.0 Å². The molecule has 1 aromatic carbocycles. The van der Waals surface area contributed by atoms with Crippen LogP contribution < -0.4 is 4.74 Å². The quantitative estimate of drug-likeness (QED) is 0.769. The molecule has 1 aromatic heterocycles. The van der Waals surface area contributed by atoms with Crippen molar-refractivity contribution in [2.45, 2.75) is 6.18 Å². The lowest BCUT2D eigenvalue weighted by atomic mass is 10.1. The van der Waals surface area contributed by atoms with Gasteiger partial charge in [-0.3, -0.25) is 0 Å². The van der Waals surface area contributed by atoms with Gasteiger partial charge in [-0.15, -0.1) is 0 Å². The smallest absolute Gasteiger partial charge is 0.433 e. The minimum atomic E-state index is -4.58. The summed E-state index contributed by atoms with van der Waals surface area (Å²) in [6, 6.07) is 6.67. The monoisotopic (exact) mass is 321 g/mol. The van der Waals surface area contributed by atoms with E-state index in [4.69, 9.17) is 27.9 Å². The van der Waals surface area contributed by atoms with Crippen LogP contribution in [0.4, 0.5) is 13.2 Å². The summed E-state index contributed by atoms with van der Waals surface area (Å²) in [5.41, 5.74) is -0.698. The average Bonchev–Trinajstić information content (AvgIpc) is 2.40. The van der Waals surface area contributed by atoms with Crippen LogP contribution in [0.3, 0.4) is 0 Å². The Hall–Kier alpha value is -1.46. The first-order valence-electron chi connectivity index (χ1n) is 5.40. The van der Waals surface area contributed by atoms with Gasteiger partial charge >= 0.3 is 6.18 Å². The highest BCUT2D eigenvalue weighted by Crippen LogP contribution is 2.35. The van der Waals surface area contributed by atoms with Crippen LogP contribution in [0.1, 0.15) is 5.69 Å². The second-order valence-electron chi connectivity index (χ2n) is 3.90. The largest absolute Gasteiger partial charge is 0.497 e. The summed E-state index contributed by atoms with van der Waals surface area (Å²) in [6.07, 6.45) is -4.58. The second kappa shape index (κ2) is 5.50. The van der Waals surface area contributed by atoms with E-state index in [1.54, 1.807) is 0 Å². The van der Waals surface area contributed by atoms with Crippen LogP contribution in [-0.2, 0) is 6.18 Å². The number of alkyl halides is 3. The van der Waals surface area contributed by atoms with Gasteiger partial charge in [-0.05, 0) is 18.2 Å². The van der Waals surface area contributed by atoms with Crippen LogP contribution in [-0.4, -0.2) is 12.1 Å². The van der Waals surface area contributed by atoms with E-state index in [1.165, 1.54) is 31.4 Å². The first kappa shape index (κ1) is 14.9. The summed E-state index contributed by atoms with van der Waals surface area (Å²) in [5, 5.41) is 0.603. The molecule has 0 fully saturated rings. The van der Waals surface area contributed by atoms with Gasteiger partial charge in [0.15, 0.2) is 0 Å². The first-order valence-corrected chi connectivity index (χ1v) is 6.15. The Bertz CT molecular complexity index is 644. The molecular weight excluding hydrogens is 314 g/mol. The van der Waals surface area contributed by atoms with Crippen molar-refractivity contribution in [3.05, 3.63) is 46.1 Å². The fourth-order valence-electron chi connectivity index (χ4n) is 1.60. The SMILES string of the molecule is COc1cc(-c2cc(Cl)ccc2Cl)nc(C(F)(F)F)c1. The Kier molecular flexibility index (Phi) is 4.11. The lowest BCUT2D eigenvalue weighted by Crippen LogP contribution is -2.09. The summed E-state index contributed by atoms with van der Waals surface area (Å²) >= 11 is 11.8. The van der Waals surface area contributed by atoms with E-state index in [0.717, 1.165) is 6.07 Å². The normalized spacial score (nSPS) is 11.5. The maximum absolute atomic E-state index is 12.8. The molecule has 1 heterocycles. The summed E-state index contributed by atoms with van der Waals surface area (Å²) in [7, 11) is 1.28. The molecule has 2 nitrogen and oxygen atoms in total. The Morgan fingerprint density at radius 3 is 2.40 bits per heavy atom. The van der Waals surface area contributed by atoms with Crippen molar-refractivity contribution < 1.29 is 17.9 Å². The van der Waals surface area contributed by atoms with Crippen LogP contribution in [0.2, 0.25) is 10.0 Å². The number of ether oxygens (including phenoxy) is 1. The van der Waals surface area contributed by atoms with Crippen molar-refractivity contribution >= 4 is 23.2 Å². The molecule has 0 unspecified atom stereocenters. The summed E-state index contributed by atoms with van der Waals surface area (Å²) < 4.78 is 43.3. The van der Waals surface area contributed by atoms with E-state index in [2.05, 4.69) is 4.98 Å². The molecule has 0 saturated carbocycles. The van der Waals surface area contributed by atoms with Gasteiger partial charge in [0.2, 0.25) is 0 Å². The third-order valence-electron chi connectivity index (χ3n) is 2.53. The molecule has 0 spiro atoms. The molecule has 2 aromatic rings. The zero-order valence-corrected chi connectivity index (χ0v) is 11.6. The van der Waals surface area contributed by atoms with Crippen molar-refractivity contribution in [2.24, 2.45) is 0 Å². The van der Waals surface area contributed by atoms with E-state index in [0.29, 0.717) is 10.6 Å². The zero-order valence-electron chi connectivity index (χ0n) is 10.1. The van der Waals surface area contributed by atoms with E-state index in [9.17, 15) is 13.2 Å². The maximum Gasteiger partial charge on any atom is 0.433 e. The Balaban J connectivity index is 2.64. The van der Waals surface area contributed by atoms with Gasteiger partial charge < -0.3 is 4.74 Å². The number of hydrogen-bond acceptors (Lipinski definition) is 2. The van der Waals surface area contributed by atoms with Gasteiger partial charge in [-0.25, -0.2) is 4.98 Å². The molecule has 0 aliphatic carbocycles. The molecule has 0 amide bonds. The minimum Gasteiger partial charge on any atom is -0.497 e. The number of pyridine rings is 1. The molecule has 20 heavy (non-hydrogen) atoms. The van der Waals surface area contributed by atoms with Crippen LogP contribution >= 0.6 is 23.2 Å². The zero-order chi connectivity index (χ0) is 14.9. The average molecular weight is 322 g/mol. The minimum absolute atomic E-state index is 0.0402. The Morgan fingerprint density at radius 1 is 1.10 bits per heavy atom. The van der Waals surface area contributed by atoms with Gasteiger partial charge in [0, 0.05) is 22.7 Å². The number of halogens is 5. The lowest BCUT2D eigenvalue weighted by Gasteiger charge is -2.11. The van der Waals surface area contributed by atoms with Crippen molar-refractivity contribution in [1.82, 2.24) is 4.98 Å². The van der Waals surface area contributed by atoms with E-state index < -0.39 is 11.9 Å². The number of nitrogens with zero attached hydrogens (tertiary/aromatic N) is 1. The van der Waals surface area contributed by atoms with Crippen molar-refractivity contribution in [2.75, 3.05) is 7.11 Å². The predicted octanol–water partition coefficient (Wildman–Crippen LogP) is 5.08. The molecular formula is C13H8Cl2F3NO. The topological polar surface area (TPSA) is 22.1 Å². The van der Waals surface area contributed by atoms with Crippen LogP contribution in [0.15, 0.2) is 30.3 Å². The van der Waals surface area contributed by atoms with Gasteiger partial charge in [-0.1, -0.05) is 23.2 Å². The molecule has 106 valence electrons. The lowest BCUT2D eigenvalue weighted by molar-refractivity contribution is -0.141. The Morgan fingerprint density at radius 2 is 1.80 bits per heavy atom. The molecule has 0 saturated heterocycles. The molecule has 7 heteroatoms. The second-order valence-corrected chi connectivity index (χ2v) is 4.74. The molecule has 0 N–H and O–H groups in total. The van der Waals surface area contributed by atoms with E-state index in [1.807, 2.05) is 0 Å². The predicted molar refractivity (Wildman–Crippen MR) is 71.2 cm³/mol. The molecule has 0 radical (unpaired) electrons. The molecule has 2 rings (SSSR count). The highest BCUT2D eigenvalue weighted by Gasteiger charge is 2.33. The van der Waals surface area contributed by atoms with Gasteiger partial charge in [0.25, 0.3) is 0 Å². The molecule has 0 atom stereocenters. The van der Waals surface area contributed by atoms with E-state index >= 15 is 0 Å². The third kappa shape index (κ3) is 3.16. The molecule has 0 aliphatic rings. The van der Waals surface area contributed by atoms with Gasteiger partial charge in [-0.2, -0.15) is 13.2 Å². The standard InChI is InChI=1S/C13H8Cl2F3NO/c1-20-8-5-11(19-12(6-8)13(16,17)18)9-4-7(14)2-3-10(9)15/h2-6H,1H3. The van der Waals surface area contributed by atoms with Crippen molar-refractivity contribution in [1.29, 1.82) is 0 Å².